The summed E-state index contributed by atoms with van der Waals surface area (Å²) in [6, 6.07) is 4.12. The van der Waals surface area contributed by atoms with Gasteiger partial charge in [0.25, 0.3) is 0 Å². The van der Waals surface area contributed by atoms with Gasteiger partial charge < -0.3 is 5.32 Å². The van der Waals surface area contributed by atoms with Crippen molar-refractivity contribution in [1.29, 1.82) is 0 Å². The molecule has 0 radical (unpaired) electrons. The molecule has 1 aromatic carbocycles. The second-order valence-corrected chi connectivity index (χ2v) is 6.55. The van der Waals surface area contributed by atoms with Crippen LogP contribution in [0.25, 0.3) is 0 Å². The molecule has 0 aromatic heterocycles. The fourth-order valence-corrected chi connectivity index (χ4v) is 3.98. The molecule has 0 amide bonds. The monoisotopic (exact) mass is 289 g/mol. The van der Waals surface area contributed by atoms with Gasteiger partial charge in [-0.2, -0.15) is 11.8 Å². The summed E-state index contributed by atoms with van der Waals surface area (Å²) >= 11 is 14.5. The van der Waals surface area contributed by atoms with Crippen molar-refractivity contribution < 1.29 is 0 Å². The maximum Gasteiger partial charge on any atom is 0.0458 e. The Morgan fingerprint density at radius 3 is 2.76 bits per heavy atom. The highest BCUT2D eigenvalue weighted by Crippen LogP contribution is 2.43. The van der Waals surface area contributed by atoms with Crippen LogP contribution in [0.5, 0.6) is 0 Å². The summed E-state index contributed by atoms with van der Waals surface area (Å²) in [5.74, 6) is 0.959. The van der Waals surface area contributed by atoms with Crippen LogP contribution >= 0.6 is 35.0 Å². The van der Waals surface area contributed by atoms with E-state index in [9.17, 15) is 0 Å². The van der Waals surface area contributed by atoms with E-state index in [1.807, 2.05) is 23.9 Å². The third-order valence-electron chi connectivity index (χ3n) is 3.13. The van der Waals surface area contributed by atoms with Crippen LogP contribution in [0, 0.1) is 0 Å². The van der Waals surface area contributed by atoms with Crippen molar-refractivity contribution in [2.75, 3.05) is 6.54 Å². The van der Waals surface area contributed by atoms with Crippen LogP contribution in [-0.4, -0.2) is 11.8 Å². The molecule has 17 heavy (non-hydrogen) atoms. The molecule has 0 saturated heterocycles. The number of benzene rings is 1. The molecule has 0 fully saturated rings. The minimum Gasteiger partial charge on any atom is -0.309 e. The molecular formula is C13H17Cl2NS. The van der Waals surface area contributed by atoms with E-state index in [0.29, 0.717) is 11.3 Å². The van der Waals surface area contributed by atoms with Crippen molar-refractivity contribution in [2.45, 2.75) is 37.3 Å². The van der Waals surface area contributed by atoms with Crippen LogP contribution in [-0.2, 0) is 5.75 Å². The van der Waals surface area contributed by atoms with Gasteiger partial charge in [0.2, 0.25) is 0 Å². The Hall–Kier alpha value is 0.110. The zero-order valence-corrected chi connectivity index (χ0v) is 12.4. The highest BCUT2D eigenvalue weighted by molar-refractivity contribution is 7.99. The molecule has 0 spiro atoms. The van der Waals surface area contributed by atoms with Crippen molar-refractivity contribution in [3.8, 4) is 0 Å². The smallest absolute Gasteiger partial charge is 0.0458 e. The lowest BCUT2D eigenvalue weighted by Crippen LogP contribution is -2.32. The lowest BCUT2D eigenvalue weighted by atomic mass is 9.98. The predicted molar refractivity (Wildman–Crippen MR) is 78.3 cm³/mol. The van der Waals surface area contributed by atoms with E-state index in [0.717, 1.165) is 28.8 Å². The molecule has 1 heterocycles. The molecule has 2 atom stereocenters. The van der Waals surface area contributed by atoms with E-state index in [1.165, 1.54) is 11.1 Å². The molecule has 1 aliphatic rings. The maximum absolute atomic E-state index is 6.35. The third-order valence-corrected chi connectivity index (χ3v) is 5.07. The molecule has 4 heteroatoms. The van der Waals surface area contributed by atoms with Gasteiger partial charge in [-0.25, -0.2) is 0 Å². The molecule has 0 bridgehead atoms. The van der Waals surface area contributed by atoms with Crippen LogP contribution in [0.15, 0.2) is 12.1 Å². The van der Waals surface area contributed by atoms with Crippen molar-refractivity contribution in [3.05, 3.63) is 33.3 Å². The molecule has 2 rings (SSSR count). The summed E-state index contributed by atoms with van der Waals surface area (Å²) in [6.07, 6.45) is 1.13. The second kappa shape index (κ2) is 5.83. The van der Waals surface area contributed by atoms with E-state index in [2.05, 4.69) is 19.2 Å². The van der Waals surface area contributed by atoms with Crippen LogP contribution in [0.2, 0.25) is 10.0 Å². The lowest BCUT2D eigenvalue weighted by molar-refractivity contribution is 0.521. The van der Waals surface area contributed by atoms with Gasteiger partial charge in [-0.05, 0) is 36.2 Å². The van der Waals surface area contributed by atoms with Gasteiger partial charge in [-0.1, -0.05) is 37.0 Å². The SMILES string of the molecule is CCCNC1c2c(Cl)ccc(Cl)c2CSC1C. The Labute approximate surface area is 117 Å². The first kappa shape index (κ1) is 13.5. The quantitative estimate of drug-likeness (QED) is 0.868. The first-order valence-electron chi connectivity index (χ1n) is 5.97. The number of rotatable bonds is 3. The fourth-order valence-electron chi connectivity index (χ4n) is 2.21. The third kappa shape index (κ3) is 2.76. The Bertz CT molecular complexity index is 409. The van der Waals surface area contributed by atoms with Gasteiger partial charge in [0.15, 0.2) is 0 Å². The molecular weight excluding hydrogens is 273 g/mol. The number of halogens is 2. The summed E-state index contributed by atoms with van der Waals surface area (Å²) in [5, 5.41) is 5.79. The summed E-state index contributed by atoms with van der Waals surface area (Å²) in [5.41, 5.74) is 2.41. The Morgan fingerprint density at radius 1 is 1.35 bits per heavy atom. The topological polar surface area (TPSA) is 12.0 Å². The van der Waals surface area contributed by atoms with Gasteiger partial charge in [0.1, 0.15) is 0 Å². The highest BCUT2D eigenvalue weighted by Gasteiger charge is 2.29. The molecule has 94 valence electrons. The molecule has 0 aliphatic carbocycles. The van der Waals surface area contributed by atoms with Gasteiger partial charge in [0.05, 0.1) is 0 Å². The van der Waals surface area contributed by atoms with Crippen LogP contribution < -0.4 is 5.32 Å². The average Bonchev–Trinajstić information content (AvgIpc) is 2.32. The van der Waals surface area contributed by atoms with Crippen molar-refractivity contribution in [2.24, 2.45) is 0 Å². The molecule has 0 saturated carbocycles. The van der Waals surface area contributed by atoms with E-state index >= 15 is 0 Å². The normalized spacial score (nSPS) is 23.5. The molecule has 1 aromatic rings. The van der Waals surface area contributed by atoms with Crippen LogP contribution in [0.4, 0.5) is 0 Å². The second-order valence-electron chi connectivity index (χ2n) is 4.37. The summed E-state index contributed by atoms with van der Waals surface area (Å²) in [4.78, 5) is 0. The van der Waals surface area contributed by atoms with Crippen LogP contribution in [0.1, 0.15) is 37.4 Å². The zero-order chi connectivity index (χ0) is 12.4. The molecule has 1 aliphatic heterocycles. The summed E-state index contributed by atoms with van der Waals surface area (Å²) < 4.78 is 0. The van der Waals surface area contributed by atoms with E-state index in [-0.39, 0.29) is 0 Å². The van der Waals surface area contributed by atoms with Gasteiger partial charge in [-0.3, -0.25) is 0 Å². The Kier molecular flexibility index (Phi) is 4.65. The zero-order valence-electron chi connectivity index (χ0n) is 10.1. The minimum absolute atomic E-state index is 0.315. The average molecular weight is 290 g/mol. The van der Waals surface area contributed by atoms with Gasteiger partial charge in [-0.15, -0.1) is 0 Å². The molecule has 1 nitrogen and oxygen atoms in total. The van der Waals surface area contributed by atoms with Gasteiger partial charge in [0, 0.05) is 27.1 Å². The summed E-state index contributed by atoms with van der Waals surface area (Å²) in [7, 11) is 0. The highest BCUT2D eigenvalue weighted by atomic mass is 35.5. The van der Waals surface area contributed by atoms with E-state index in [4.69, 9.17) is 23.2 Å². The number of hydrogen-bond donors (Lipinski definition) is 1. The maximum atomic E-state index is 6.35. The minimum atomic E-state index is 0.315. The van der Waals surface area contributed by atoms with Crippen LogP contribution in [0.3, 0.4) is 0 Å². The Morgan fingerprint density at radius 2 is 2.06 bits per heavy atom. The summed E-state index contributed by atoms with van der Waals surface area (Å²) in [6.45, 7) is 5.43. The van der Waals surface area contributed by atoms with Crippen molar-refractivity contribution in [3.63, 3.8) is 0 Å². The van der Waals surface area contributed by atoms with E-state index in [1.54, 1.807) is 0 Å². The lowest BCUT2D eigenvalue weighted by Gasteiger charge is -2.33. The first-order valence-corrected chi connectivity index (χ1v) is 7.77. The predicted octanol–water partition coefficient (Wildman–Crippen LogP) is 4.67. The largest absolute Gasteiger partial charge is 0.309 e. The molecule has 2 unspecified atom stereocenters. The fraction of sp³-hybridized carbons (Fsp3) is 0.538. The van der Waals surface area contributed by atoms with Gasteiger partial charge >= 0.3 is 0 Å². The van der Waals surface area contributed by atoms with Crippen molar-refractivity contribution in [1.82, 2.24) is 5.32 Å². The van der Waals surface area contributed by atoms with Crippen molar-refractivity contribution >= 4 is 35.0 Å². The van der Waals surface area contributed by atoms with E-state index < -0.39 is 0 Å². The number of hydrogen-bond acceptors (Lipinski definition) is 2. The number of fused-ring (bicyclic) bond motifs is 1. The Balaban J connectivity index is 2.39. The standard InChI is InChI=1S/C13H17Cl2NS/c1-3-6-16-13-8(2)17-7-9-10(14)4-5-11(15)12(9)13/h4-5,8,13,16H,3,6-7H2,1-2H3. The number of thioether (sulfide) groups is 1. The number of nitrogens with one attached hydrogen (secondary N) is 1. The molecule has 1 N–H and O–H groups in total. The first-order chi connectivity index (χ1) is 8.15.